The Kier molecular flexibility index (Phi) is 7.36. The molecule has 0 aromatic rings. The van der Waals surface area contributed by atoms with Gasteiger partial charge in [0.1, 0.15) is 0 Å². The van der Waals surface area contributed by atoms with Crippen LogP contribution < -0.4 is 5.32 Å². The molecule has 1 amide bonds. The Bertz CT molecular complexity index is 201. The SMILES string of the molecule is COC(CNC(=O)OCC[Si](C)(C)C)OC. The van der Waals surface area contributed by atoms with Crippen LogP contribution in [0.5, 0.6) is 0 Å². The molecule has 1 N–H and O–H groups in total. The van der Waals surface area contributed by atoms with Crippen LogP contribution in [0.1, 0.15) is 0 Å². The molecule has 0 aromatic carbocycles. The van der Waals surface area contributed by atoms with E-state index in [1.54, 1.807) is 0 Å². The highest BCUT2D eigenvalue weighted by molar-refractivity contribution is 6.76. The standard InChI is InChI=1S/C10H23NO4Si/c1-13-9(14-2)8-11-10(12)15-6-7-16(3,4)5/h9H,6-8H2,1-5H3,(H,11,12). The van der Waals surface area contributed by atoms with Crippen LogP contribution in [0.15, 0.2) is 0 Å². The lowest BCUT2D eigenvalue weighted by molar-refractivity contribution is -0.0980. The van der Waals surface area contributed by atoms with Crippen molar-refractivity contribution in [2.45, 2.75) is 32.0 Å². The van der Waals surface area contributed by atoms with Crippen LogP contribution in [0.25, 0.3) is 0 Å². The molecule has 16 heavy (non-hydrogen) atoms. The van der Waals surface area contributed by atoms with Crippen LogP contribution in [0.4, 0.5) is 4.79 Å². The van der Waals surface area contributed by atoms with Crippen molar-refractivity contribution >= 4 is 14.2 Å². The highest BCUT2D eigenvalue weighted by Gasteiger charge is 2.14. The molecular weight excluding hydrogens is 226 g/mol. The first kappa shape index (κ1) is 15.4. The first-order chi connectivity index (χ1) is 7.39. The minimum Gasteiger partial charge on any atom is -0.450 e. The molecule has 0 aliphatic carbocycles. The first-order valence-corrected chi connectivity index (χ1v) is 9.06. The second-order valence-electron chi connectivity index (χ2n) is 4.73. The number of hydrogen-bond acceptors (Lipinski definition) is 4. The van der Waals surface area contributed by atoms with E-state index in [0.717, 1.165) is 6.04 Å². The quantitative estimate of drug-likeness (QED) is 0.551. The third kappa shape index (κ3) is 8.69. The predicted molar refractivity (Wildman–Crippen MR) is 65.3 cm³/mol. The maximum atomic E-state index is 11.2. The molecule has 0 bridgehead atoms. The molecule has 0 heterocycles. The van der Waals surface area contributed by atoms with Crippen molar-refractivity contribution in [3.05, 3.63) is 0 Å². The van der Waals surface area contributed by atoms with Crippen molar-refractivity contribution < 1.29 is 19.0 Å². The van der Waals surface area contributed by atoms with Crippen LogP contribution in [0.2, 0.25) is 25.7 Å². The monoisotopic (exact) mass is 249 g/mol. The van der Waals surface area contributed by atoms with E-state index in [-0.39, 0.29) is 0 Å². The Morgan fingerprint density at radius 1 is 1.25 bits per heavy atom. The number of ether oxygens (including phenoxy) is 3. The number of carbonyl (C=O) groups excluding carboxylic acids is 1. The van der Waals surface area contributed by atoms with Gasteiger partial charge < -0.3 is 19.5 Å². The van der Waals surface area contributed by atoms with Gasteiger partial charge in [0, 0.05) is 22.3 Å². The third-order valence-corrected chi connectivity index (χ3v) is 3.73. The average Bonchev–Trinajstić information content (AvgIpc) is 2.17. The summed E-state index contributed by atoms with van der Waals surface area (Å²) < 4.78 is 14.9. The van der Waals surface area contributed by atoms with Gasteiger partial charge in [-0.2, -0.15) is 0 Å². The topological polar surface area (TPSA) is 56.8 Å². The molecule has 0 aliphatic heterocycles. The van der Waals surface area contributed by atoms with E-state index in [0.29, 0.717) is 13.2 Å². The minimum absolute atomic E-state index is 0.290. The summed E-state index contributed by atoms with van der Waals surface area (Å²) in [5.41, 5.74) is 0. The Morgan fingerprint density at radius 2 is 1.81 bits per heavy atom. The molecule has 0 atom stereocenters. The molecule has 0 aromatic heterocycles. The molecule has 0 saturated carbocycles. The highest BCUT2D eigenvalue weighted by atomic mass is 28.3. The second kappa shape index (κ2) is 7.64. The Hall–Kier alpha value is -0.593. The van der Waals surface area contributed by atoms with Crippen molar-refractivity contribution in [2.24, 2.45) is 0 Å². The maximum Gasteiger partial charge on any atom is 0.407 e. The van der Waals surface area contributed by atoms with Gasteiger partial charge in [-0.05, 0) is 6.04 Å². The van der Waals surface area contributed by atoms with Crippen molar-refractivity contribution in [1.29, 1.82) is 0 Å². The van der Waals surface area contributed by atoms with Crippen LogP contribution in [-0.2, 0) is 14.2 Å². The van der Waals surface area contributed by atoms with Crippen LogP contribution >= 0.6 is 0 Å². The molecule has 6 heteroatoms. The minimum atomic E-state index is -1.14. The Morgan fingerprint density at radius 3 is 2.25 bits per heavy atom. The summed E-state index contributed by atoms with van der Waals surface area (Å²) >= 11 is 0. The van der Waals surface area contributed by atoms with E-state index in [2.05, 4.69) is 25.0 Å². The van der Waals surface area contributed by atoms with Crippen molar-refractivity contribution in [3.63, 3.8) is 0 Å². The van der Waals surface area contributed by atoms with Gasteiger partial charge in [0.25, 0.3) is 0 Å². The lowest BCUT2D eigenvalue weighted by atomic mass is 10.6. The zero-order valence-electron chi connectivity index (χ0n) is 10.8. The van der Waals surface area contributed by atoms with Gasteiger partial charge in [0.05, 0.1) is 13.2 Å². The summed E-state index contributed by atoms with van der Waals surface area (Å²) in [5, 5.41) is 2.58. The van der Waals surface area contributed by atoms with E-state index >= 15 is 0 Å². The second-order valence-corrected chi connectivity index (χ2v) is 10.3. The van der Waals surface area contributed by atoms with Gasteiger partial charge in [-0.25, -0.2) is 4.79 Å². The Balaban J connectivity index is 3.59. The van der Waals surface area contributed by atoms with Crippen LogP contribution in [0.3, 0.4) is 0 Å². The molecule has 0 fully saturated rings. The van der Waals surface area contributed by atoms with Gasteiger partial charge in [0.2, 0.25) is 0 Å². The number of rotatable bonds is 7. The third-order valence-electron chi connectivity index (χ3n) is 2.02. The fourth-order valence-electron chi connectivity index (χ4n) is 0.931. The van der Waals surface area contributed by atoms with Gasteiger partial charge in [-0.3, -0.25) is 0 Å². The fourth-order valence-corrected chi connectivity index (χ4v) is 1.64. The van der Waals surface area contributed by atoms with E-state index in [1.807, 2.05) is 0 Å². The molecule has 0 spiro atoms. The molecule has 0 saturated heterocycles. The summed E-state index contributed by atoms with van der Waals surface area (Å²) in [6.07, 6.45) is -0.845. The number of nitrogens with one attached hydrogen (secondary N) is 1. The van der Waals surface area contributed by atoms with Gasteiger partial charge in [0.15, 0.2) is 6.29 Å². The predicted octanol–water partition coefficient (Wildman–Crippen LogP) is 1.67. The largest absolute Gasteiger partial charge is 0.450 e. The molecule has 0 radical (unpaired) electrons. The number of alkyl carbamates (subject to hydrolysis) is 1. The number of carbonyl (C=O) groups is 1. The smallest absolute Gasteiger partial charge is 0.407 e. The summed E-state index contributed by atoms with van der Waals surface area (Å²) in [6.45, 7) is 7.48. The fraction of sp³-hybridized carbons (Fsp3) is 0.900. The zero-order valence-corrected chi connectivity index (χ0v) is 11.8. The van der Waals surface area contributed by atoms with Crippen molar-refractivity contribution in [1.82, 2.24) is 5.32 Å². The van der Waals surface area contributed by atoms with Crippen LogP contribution in [-0.4, -0.2) is 47.8 Å². The number of amides is 1. The van der Waals surface area contributed by atoms with Crippen molar-refractivity contribution in [3.8, 4) is 0 Å². The molecule has 0 rings (SSSR count). The normalized spacial score (nSPS) is 11.6. The average molecular weight is 249 g/mol. The van der Waals surface area contributed by atoms with E-state index < -0.39 is 20.5 Å². The van der Waals surface area contributed by atoms with Gasteiger partial charge >= 0.3 is 6.09 Å². The summed E-state index contributed by atoms with van der Waals surface area (Å²) in [4.78, 5) is 11.2. The van der Waals surface area contributed by atoms with Gasteiger partial charge in [-0.1, -0.05) is 19.6 Å². The lowest BCUT2D eigenvalue weighted by Gasteiger charge is -2.16. The molecule has 5 nitrogen and oxygen atoms in total. The van der Waals surface area contributed by atoms with Crippen molar-refractivity contribution in [2.75, 3.05) is 27.4 Å². The van der Waals surface area contributed by atoms with E-state index in [1.165, 1.54) is 14.2 Å². The van der Waals surface area contributed by atoms with E-state index in [4.69, 9.17) is 14.2 Å². The molecule has 0 unspecified atom stereocenters. The van der Waals surface area contributed by atoms with Crippen LogP contribution in [0, 0.1) is 0 Å². The zero-order chi connectivity index (χ0) is 12.6. The lowest BCUT2D eigenvalue weighted by Crippen LogP contribution is -2.35. The van der Waals surface area contributed by atoms with Gasteiger partial charge in [-0.15, -0.1) is 0 Å². The first-order valence-electron chi connectivity index (χ1n) is 5.35. The molecule has 0 aliphatic rings. The molecule has 96 valence electrons. The summed E-state index contributed by atoms with van der Waals surface area (Å²) in [6, 6.07) is 0.971. The highest BCUT2D eigenvalue weighted by Crippen LogP contribution is 2.07. The number of hydrogen-bond donors (Lipinski definition) is 1. The Labute approximate surface area is 98.5 Å². The number of methoxy groups -OCH3 is 2. The molecular formula is C10H23NO4Si. The van der Waals surface area contributed by atoms with E-state index in [9.17, 15) is 4.79 Å². The maximum absolute atomic E-state index is 11.2. The summed E-state index contributed by atoms with van der Waals surface area (Å²) in [5.74, 6) is 0. The summed E-state index contributed by atoms with van der Waals surface area (Å²) in [7, 11) is 1.90.